The number of hydrogen-bond donors (Lipinski definition) is 1. The first-order chi connectivity index (χ1) is 12.0. The highest BCUT2D eigenvalue weighted by Gasteiger charge is 2.40. The van der Waals surface area contributed by atoms with E-state index in [1.807, 2.05) is 0 Å². The number of benzene rings is 1. The van der Waals surface area contributed by atoms with Gasteiger partial charge in [0.05, 0.1) is 37.6 Å². The van der Waals surface area contributed by atoms with Crippen LogP contribution in [-0.4, -0.2) is 31.2 Å². The standard InChI is InChI=1S/C18H19FN2O4/c1-18(17(22)21-12-7-8-15(23-2)20-9-12)10-24-16(25-11-18)13-5-3-4-6-14(13)19/h3-9,16H,10-11H2,1-2H3,(H,21,22). The van der Waals surface area contributed by atoms with Gasteiger partial charge in [0.2, 0.25) is 11.8 Å². The van der Waals surface area contributed by atoms with Gasteiger partial charge in [-0.2, -0.15) is 0 Å². The summed E-state index contributed by atoms with van der Waals surface area (Å²) in [6.45, 7) is 1.96. The zero-order chi connectivity index (χ0) is 17.9. The fraction of sp³-hybridized carbons (Fsp3) is 0.333. The molecule has 1 aliphatic rings. The summed E-state index contributed by atoms with van der Waals surface area (Å²) in [5.41, 5.74) is -0.0191. The Bertz CT molecular complexity index is 743. The average Bonchev–Trinajstić information content (AvgIpc) is 2.64. The van der Waals surface area contributed by atoms with E-state index >= 15 is 0 Å². The molecule has 0 spiro atoms. The molecule has 3 rings (SSSR count). The lowest BCUT2D eigenvalue weighted by atomic mass is 9.90. The maximum atomic E-state index is 13.8. The topological polar surface area (TPSA) is 69.7 Å². The van der Waals surface area contributed by atoms with Crippen molar-refractivity contribution >= 4 is 11.6 Å². The summed E-state index contributed by atoms with van der Waals surface area (Å²) in [5.74, 6) is -0.197. The molecule has 6 nitrogen and oxygen atoms in total. The lowest BCUT2D eigenvalue weighted by Crippen LogP contribution is -2.45. The first kappa shape index (κ1) is 17.3. The van der Waals surface area contributed by atoms with Crippen molar-refractivity contribution in [1.29, 1.82) is 0 Å². The van der Waals surface area contributed by atoms with E-state index in [4.69, 9.17) is 14.2 Å². The Kier molecular flexibility index (Phi) is 4.96. The molecule has 1 aromatic carbocycles. The van der Waals surface area contributed by atoms with Crippen LogP contribution in [-0.2, 0) is 14.3 Å². The van der Waals surface area contributed by atoms with Gasteiger partial charge < -0.3 is 19.5 Å². The monoisotopic (exact) mass is 346 g/mol. The second-order valence-corrected chi connectivity index (χ2v) is 6.08. The summed E-state index contributed by atoms with van der Waals surface area (Å²) in [6.07, 6.45) is 0.692. The number of carbonyl (C=O) groups is 1. The fourth-order valence-electron chi connectivity index (χ4n) is 2.44. The molecule has 1 amide bonds. The van der Waals surface area contributed by atoms with E-state index in [2.05, 4.69) is 10.3 Å². The Morgan fingerprint density at radius 1 is 1.28 bits per heavy atom. The zero-order valence-corrected chi connectivity index (χ0v) is 14.0. The predicted molar refractivity (Wildman–Crippen MR) is 88.6 cm³/mol. The minimum absolute atomic E-state index is 0.113. The fourth-order valence-corrected chi connectivity index (χ4v) is 2.44. The molecule has 0 aliphatic carbocycles. The Hall–Kier alpha value is -2.51. The summed E-state index contributed by atoms with van der Waals surface area (Å²) in [4.78, 5) is 16.6. The van der Waals surface area contributed by atoms with Crippen LogP contribution in [0.4, 0.5) is 10.1 Å². The van der Waals surface area contributed by atoms with Gasteiger partial charge >= 0.3 is 0 Å². The molecule has 7 heteroatoms. The molecule has 1 aromatic heterocycles. The number of nitrogens with one attached hydrogen (secondary N) is 1. The van der Waals surface area contributed by atoms with Crippen LogP contribution >= 0.6 is 0 Å². The first-order valence-corrected chi connectivity index (χ1v) is 7.81. The van der Waals surface area contributed by atoms with E-state index in [0.29, 0.717) is 17.1 Å². The second kappa shape index (κ2) is 7.16. The largest absolute Gasteiger partial charge is 0.481 e. The summed E-state index contributed by atoms with van der Waals surface area (Å²) in [5, 5.41) is 2.78. The van der Waals surface area contributed by atoms with Crippen LogP contribution in [0.3, 0.4) is 0 Å². The molecule has 1 saturated heterocycles. The molecule has 132 valence electrons. The number of hydrogen-bond acceptors (Lipinski definition) is 5. The quantitative estimate of drug-likeness (QED) is 0.922. The van der Waals surface area contributed by atoms with Crippen molar-refractivity contribution in [3.05, 3.63) is 54.0 Å². The molecule has 2 aromatic rings. The molecular weight excluding hydrogens is 327 g/mol. The van der Waals surface area contributed by atoms with Crippen LogP contribution in [0.15, 0.2) is 42.6 Å². The van der Waals surface area contributed by atoms with Crippen molar-refractivity contribution in [2.75, 3.05) is 25.6 Å². The third-order valence-corrected chi connectivity index (χ3v) is 4.02. The normalized spacial score (nSPS) is 23.1. The zero-order valence-electron chi connectivity index (χ0n) is 14.0. The number of halogens is 1. The highest BCUT2D eigenvalue weighted by atomic mass is 19.1. The molecule has 0 unspecified atom stereocenters. The molecule has 2 heterocycles. The number of rotatable bonds is 4. The number of anilines is 1. The van der Waals surface area contributed by atoms with Gasteiger partial charge in [0, 0.05) is 11.6 Å². The molecule has 25 heavy (non-hydrogen) atoms. The van der Waals surface area contributed by atoms with Crippen molar-refractivity contribution in [3.63, 3.8) is 0 Å². The maximum Gasteiger partial charge on any atom is 0.235 e. The van der Waals surface area contributed by atoms with E-state index in [1.165, 1.54) is 19.4 Å². The molecule has 1 N–H and O–H groups in total. The molecule has 1 aliphatic heterocycles. The Balaban J connectivity index is 1.63. The summed E-state index contributed by atoms with van der Waals surface area (Å²) in [6, 6.07) is 9.61. The highest BCUT2D eigenvalue weighted by Crippen LogP contribution is 2.33. The Morgan fingerprint density at radius 2 is 2.00 bits per heavy atom. The molecule has 0 bridgehead atoms. The van der Waals surface area contributed by atoms with Crippen LogP contribution in [0.2, 0.25) is 0 Å². The Labute approximate surface area is 144 Å². The van der Waals surface area contributed by atoms with Crippen molar-refractivity contribution < 1.29 is 23.4 Å². The maximum absolute atomic E-state index is 13.8. The smallest absolute Gasteiger partial charge is 0.235 e. The van der Waals surface area contributed by atoms with Gasteiger partial charge in [-0.1, -0.05) is 18.2 Å². The van der Waals surface area contributed by atoms with Crippen molar-refractivity contribution in [2.24, 2.45) is 5.41 Å². The average molecular weight is 346 g/mol. The number of amides is 1. The van der Waals surface area contributed by atoms with E-state index in [0.717, 1.165) is 0 Å². The molecular formula is C18H19FN2O4. The lowest BCUT2D eigenvalue weighted by molar-refractivity contribution is -0.227. The van der Waals surface area contributed by atoms with E-state index in [-0.39, 0.29) is 19.1 Å². The third-order valence-electron chi connectivity index (χ3n) is 4.02. The number of methoxy groups -OCH3 is 1. The highest BCUT2D eigenvalue weighted by molar-refractivity contribution is 5.95. The molecule has 0 radical (unpaired) electrons. The van der Waals surface area contributed by atoms with Crippen LogP contribution in [0.1, 0.15) is 18.8 Å². The van der Waals surface area contributed by atoms with Crippen molar-refractivity contribution in [1.82, 2.24) is 4.98 Å². The first-order valence-electron chi connectivity index (χ1n) is 7.81. The van der Waals surface area contributed by atoms with Gasteiger partial charge in [0.15, 0.2) is 6.29 Å². The third kappa shape index (κ3) is 3.78. The number of aromatic nitrogens is 1. The van der Waals surface area contributed by atoms with E-state index < -0.39 is 17.5 Å². The minimum Gasteiger partial charge on any atom is -0.481 e. The summed E-state index contributed by atoms with van der Waals surface area (Å²) < 4.78 is 30.0. The van der Waals surface area contributed by atoms with Gasteiger partial charge in [0.25, 0.3) is 0 Å². The van der Waals surface area contributed by atoms with Gasteiger partial charge in [-0.25, -0.2) is 9.37 Å². The van der Waals surface area contributed by atoms with Crippen LogP contribution in [0.5, 0.6) is 5.88 Å². The number of carbonyl (C=O) groups excluding carboxylic acids is 1. The van der Waals surface area contributed by atoms with Gasteiger partial charge in [-0.15, -0.1) is 0 Å². The van der Waals surface area contributed by atoms with Crippen molar-refractivity contribution in [2.45, 2.75) is 13.2 Å². The van der Waals surface area contributed by atoms with Gasteiger partial charge in [0.1, 0.15) is 5.82 Å². The Morgan fingerprint density at radius 3 is 2.60 bits per heavy atom. The number of ether oxygens (including phenoxy) is 3. The molecule has 1 fully saturated rings. The number of nitrogens with zero attached hydrogens (tertiary/aromatic N) is 1. The van der Waals surface area contributed by atoms with E-state index in [1.54, 1.807) is 37.3 Å². The van der Waals surface area contributed by atoms with Crippen LogP contribution in [0.25, 0.3) is 0 Å². The predicted octanol–water partition coefficient (Wildman–Crippen LogP) is 2.92. The minimum atomic E-state index is -0.887. The van der Waals surface area contributed by atoms with Crippen molar-refractivity contribution in [3.8, 4) is 5.88 Å². The van der Waals surface area contributed by atoms with Gasteiger partial charge in [-0.05, 0) is 19.1 Å². The van der Waals surface area contributed by atoms with E-state index in [9.17, 15) is 9.18 Å². The van der Waals surface area contributed by atoms with Gasteiger partial charge in [-0.3, -0.25) is 4.79 Å². The molecule has 0 atom stereocenters. The second-order valence-electron chi connectivity index (χ2n) is 6.08. The summed E-state index contributed by atoms with van der Waals surface area (Å²) >= 11 is 0. The summed E-state index contributed by atoms with van der Waals surface area (Å²) in [7, 11) is 1.52. The SMILES string of the molecule is COc1ccc(NC(=O)C2(C)COC(c3ccccc3F)OC2)cn1. The molecule has 0 saturated carbocycles. The lowest BCUT2D eigenvalue weighted by Gasteiger charge is -2.36. The van der Waals surface area contributed by atoms with Crippen LogP contribution < -0.4 is 10.1 Å². The number of pyridine rings is 1. The van der Waals surface area contributed by atoms with Crippen LogP contribution in [0, 0.1) is 11.2 Å².